The van der Waals surface area contributed by atoms with Gasteiger partial charge in [-0.3, -0.25) is 4.98 Å². The number of hydrogen-bond donors (Lipinski definition) is 1. The van der Waals surface area contributed by atoms with Crippen LogP contribution in [0.4, 0.5) is 10.1 Å². The summed E-state index contributed by atoms with van der Waals surface area (Å²) in [6.45, 7) is 2.22. The van der Waals surface area contributed by atoms with Gasteiger partial charge in [0, 0.05) is 48.6 Å². The molecule has 0 spiro atoms. The molecule has 3 aromatic rings. The molecule has 32 heavy (non-hydrogen) atoms. The Morgan fingerprint density at radius 3 is 2.84 bits per heavy atom. The summed E-state index contributed by atoms with van der Waals surface area (Å²) in [6.07, 6.45) is 2.60. The molecule has 2 unspecified atom stereocenters. The third-order valence-corrected chi connectivity index (χ3v) is 5.93. The van der Waals surface area contributed by atoms with Crippen LogP contribution in [-0.2, 0) is 11.3 Å². The molecule has 1 aromatic carbocycles. The standard InChI is InChI=1S/C22H26FN7O2/c1-28(2)7-8-30-26-21(25-27-30)19-6-3-15(11-24-19)17-5-4-16(10-18(17)23)29-12-14(13-31)9-20-22(29)32-20/h3-6,10-11,14,20,22,31H,7-9,12-13H2,1-2H3/t14-,20?,22?/m1/s1. The Hall–Kier alpha value is -2.95. The molecule has 2 aromatic heterocycles. The number of tetrazole rings is 1. The normalized spacial score (nSPS) is 22.3. The third kappa shape index (κ3) is 4.21. The van der Waals surface area contributed by atoms with Crippen LogP contribution in [0.1, 0.15) is 6.42 Å². The van der Waals surface area contributed by atoms with Gasteiger partial charge in [0.15, 0.2) is 6.23 Å². The van der Waals surface area contributed by atoms with Gasteiger partial charge in [-0.1, -0.05) is 6.07 Å². The molecule has 0 aliphatic carbocycles. The van der Waals surface area contributed by atoms with Crippen molar-refractivity contribution in [1.82, 2.24) is 30.1 Å². The van der Waals surface area contributed by atoms with E-state index in [0.29, 0.717) is 35.7 Å². The van der Waals surface area contributed by atoms with Crippen molar-refractivity contribution in [2.24, 2.45) is 5.92 Å². The van der Waals surface area contributed by atoms with Crippen molar-refractivity contribution < 1.29 is 14.2 Å². The fraction of sp³-hybridized carbons (Fsp3) is 0.455. The molecule has 2 aliphatic rings. The first-order chi connectivity index (χ1) is 15.5. The fourth-order valence-corrected chi connectivity index (χ4v) is 4.08. The first-order valence-corrected chi connectivity index (χ1v) is 10.7. The third-order valence-electron chi connectivity index (χ3n) is 5.93. The molecule has 9 nitrogen and oxygen atoms in total. The number of fused-ring (bicyclic) bond motifs is 1. The van der Waals surface area contributed by atoms with Crippen molar-refractivity contribution >= 4 is 5.69 Å². The van der Waals surface area contributed by atoms with E-state index in [9.17, 15) is 5.11 Å². The number of ether oxygens (including phenoxy) is 1. The van der Waals surface area contributed by atoms with Crippen LogP contribution in [0.2, 0.25) is 0 Å². The number of pyridine rings is 1. The Balaban J connectivity index is 1.31. The van der Waals surface area contributed by atoms with E-state index in [0.717, 1.165) is 18.7 Å². The van der Waals surface area contributed by atoms with Crippen molar-refractivity contribution in [2.45, 2.75) is 25.3 Å². The lowest BCUT2D eigenvalue weighted by Crippen LogP contribution is -2.39. The molecule has 0 amide bonds. The molecule has 2 saturated heterocycles. The Labute approximate surface area is 185 Å². The zero-order valence-corrected chi connectivity index (χ0v) is 18.1. The van der Waals surface area contributed by atoms with Gasteiger partial charge in [-0.05, 0) is 50.0 Å². The molecule has 5 rings (SSSR count). The highest BCUT2D eigenvalue weighted by Crippen LogP contribution is 2.40. The largest absolute Gasteiger partial charge is 0.396 e. The number of piperidine rings is 1. The van der Waals surface area contributed by atoms with Crippen molar-refractivity contribution in [1.29, 1.82) is 0 Å². The van der Waals surface area contributed by atoms with Crippen LogP contribution in [0, 0.1) is 11.7 Å². The molecule has 2 aliphatic heterocycles. The summed E-state index contributed by atoms with van der Waals surface area (Å²) >= 11 is 0. The maximum Gasteiger partial charge on any atom is 0.223 e. The van der Waals surface area contributed by atoms with Crippen molar-refractivity contribution in [3.8, 4) is 22.6 Å². The summed E-state index contributed by atoms with van der Waals surface area (Å²) < 4.78 is 20.7. The number of aromatic nitrogens is 5. The summed E-state index contributed by atoms with van der Waals surface area (Å²) in [5.74, 6) is 0.259. The summed E-state index contributed by atoms with van der Waals surface area (Å²) in [5, 5.41) is 22.0. The van der Waals surface area contributed by atoms with Crippen LogP contribution >= 0.6 is 0 Å². The second kappa shape index (κ2) is 8.53. The second-order valence-electron chi connectivity index (χ2n) is 8.61. The number of likely N-dealkylation sites (N-methyl/N-ethyl adjacent to an activating group) is 1. The highest BCUT2D eigenvalue weighted by Gasteiger charge is 2.49. The van der Waals surface area contributed by atoms with E-state index in [1.54, 1.807) is 23.1 Å². The van der Waals surface area contributed by atoms with Gasteiger partial charge >= 0.3 is 0 Å². The van der Waals surface area contributed by atoms with E-state index in [-0.39, 0.29) is 30.7 Å². The van der Waals surface area contributed by atoms with Gasteiger partial charge in [0.1, 0.15) is 17.6 Å². The topological polar surface area (TPSA) is 95.7 Å². The smallest absolute Gasteiger partial charge is 0.223 e. The van der Waals surface area contributed by atoms with E-state index in [2.05, 4.69) is 20.4 Å². The maximum absolute atomic E-state index is 15.0. The SMILES string of the molecule is CN(C)CCn1nnc(-c2ccc(-c3ccc(N4C[C@H](CO)CC5OC54)cc3F)cn2)n1. The minimum atomic E-state index is -0.326. The molecule has 0 bridgehead atoms. The number of nitrogens with zero attached hydrogens (tertiary/aromatic N) is 7. The number of hydrogen-bond acceptors (Lipinski definition) is 8. The molecule has 168 valence electrons. The van der Waals surface area contributed by atoms with E-state index in [1.165, 1.54) is 6.07 Å². The number of halogens is 1. The van der Waals surface area contributed by atoms with Gasteiger partial charge in [0.05, 0.1) is 6.54 Å². The lowest BCUT2D eigenvalue weighted by atomic mass is 9.98. The fourth-order valence-electron chi connectivity index (χ4n) is 4.08. The molecule has 1 N–H and O–H groups in total. The lowest BCUT2D eigenvalue weighted by molar-refractivity contribution is 0.210. The summed E-state index contributed by atoms with van der Waals surface area (Å²) in [7, 11) is 3.97. The minimum absolute atomic E-state index is 0.0114. The lowest BCUT2D eigenvalue weighted by Gasteiger charge is -2.30. The molecule has 4 heterocycles. The number of anilines is 1. The summed E-state index contributed by atoms with van der Waals surface area (Å²) in [5.41, 5.74) is 2.49. The predicted octanol–water partition coefficient (Wildman–Crippen LogP) is 1.65. The number of epoxide rings is 1. The molecular weight excluding hydrogens is 413 g/mol. The van der Waals surface area contributed by atoms with Crippen molar-refractivity contribution in [3.63, 3.8) is 0 Å². The van der Waals surface area contributed by atoms with Crippen LogP contribution in [0.5, 0.6) is 0 Å². The van der Waals surface area contributed by atoms with Crippen LogP contribution in [-0.4, -0.2) is 81.3 Å². The predicted molar refractivity (Wildman–Crippen MR) is 116 cm³/mol. The van der Waals surface area contributed by atoms with Crippen LogP contribution in [0.15, 0.2) is 36.5 Å². The van der Waals surface area contributed by atoms with Gasteiger partial charge in [0.2, 0.25) is 5.82 Å². The molecular formula is C22H26FN7O2. The monoisotopic (exact) mass is 439 g/mol. The van der Waals surface area contributed by atoms with Crippen molar-refractivity contribution in [2.75, 3.05) is 38.7 Å². The van der Waals surface area contributed by atoms with Crippen LogP contribution < -0.4 is 4.90 Å². The number of aliphatic hydroxyl groups is 1. The Bertz CT molecular complexity index is 1090. The second-order valence-corrected chi connectivity index (χ2v) is 8.61. The van der Waals surface area contributed by atoms with E-state index in [4.69, 9.17) is 4.74 Å². The van der Waals surface area contributed by atoms with Gasteiger partial charge < -0.3 is 19.6 Å². The average molecular weight is 439 g/mol. The van der Waals surface area contributed by atoms with Crippen LogP contribution in [0.3, 0.4) is 0 Å². The Morgan fingerprint density at radius 2 is 2.12 bits per heavy atom. The van der Waals surface area contributed by atoms with Crippen molar-refractivity contribution in [3.05, 3.63) is 42.3 Å². The maximum atomic E-state index is 15.0. The molecule has 3 atom stereocenters. The molecule has 0 radical (unpaired) electrons. The minimum Gasteiger partial charge on any atom is -0.396 e. The van der Waals surface area contributed by atoms with E-state index in [1.807, 2.05) is 36.0 Å². The summed E-state index contributed by atoms with van der Waals surface area (Å²) in [6, 6.07) is 8.76. The quantitative estimate of drug-likeness (QED) is 0.555. The van der Waals surface area contributed by atoms with Gasteiger partial charge in [-0.2, -0.15) is 4.80 Å². The first kappa shape index (κ1) is 20.9. The highest BCUT2D eigenvalue weighted by molar-refractivity contribution is 5.68. The van der Waals surface area contributed by atoms with Gasteiger partial charge in [-0.15, -0.1) is 10.2 Å². The van der Waals surface area contributed by atoms with Gasteiger partial charge in [0.25, 0.3) is 0 Å². The number of benzene rings is 1. The summed E-state index contributed by atoms with van der Waals surface area (Å²) in [4.78, 5) is 10.0. The highest BCUT2D eigenvalue weighted by atomic mass is 19.1. The number of rotatable bonds is 7. The zero-order valence-electron chi connectivity index (χ0n) is 18.1. The Morgan fingerprint density at radius 1 is 1.25 bits per heavy atom. The number of aliphatic hydroxyl groups excluding tert-OH is 1. The van der Waals surface area contributed by atoms with E-state index >= 15 is 4.39 Å². The first-order valence-electron chi connectivity index (χ1n) is 10.7. The zero-order chi connectivity index (χ0) is 22.2. The molecule has 0 saturated carbocycles. The van der Waals surface area contributed by atoms with Crippen LogP contribution in [0.25, 0.3) is 22.6 Å². The molecule has 10 heteroatoms. The molecule has 2 fully saturated rings. The Kier molecular flexibility index (Phi) is 5.58. The van der Waals surface area contributed by atoms with E-state index < -0.39 is 0 Å². The average Bonchev–Trinajstić information content (AvgIpc) is 3.43. The van der Waals surface area contributed by atoms with Gasteiger partial charge in [-0.25, -0.2) is 4.39 Å².